The molecular formula is C15H15OSi. The molecule has 2 aromatic rings. The Morgan fingerprint density at radius 1 is 1.24 bits per heavy atom. The molecule has 85 valence electrons. The predicted molar refractivity (Wildman–Crippen MR) is 73.2 cm³/mol. The lowest BCUT2D eigenvalue weighted by Crippen LogP contribution is -2.25. The van der Waals surface area contributed by atoms with Crippen LogP contribution in [0.25, 0.3) is 10.8 Å². The first kappa shape index (κ1) is 12.1. The van der Waals surface area contributed by atoms with Crippen molar-refractivity contribution in [3.63, 3.8) is 0 Å². The topological polar surface area (TPSA) is 9.23 Å². The molecule has 2 aromatic carbocycles. The lowest BCUT2D eigenvalue weighted by Gasteiger charge is -2.27. The second-order valence-corrected chi connectivity index (χ2v) is 4.73. The van der Waals surface area contributed by atoms with Gasteiger partial charge in [0.25, 0.3) is 0 Å². The van der Waals surface area contributed by atoms with Gasteiger partial charge in [0.05, 0.1) is 0 Å². The van der Waals surface area contributed by atoms with Gasteiger partial charge in [0.15, 0.2) is 0 Å². The molecule has 0 N–H and O–H groups in total. The van der Waals surface area contributed by atoms with E-state index in [-0.39, 0.29) is 5.41 Å². The van der Waals surface area contributed by atoms with E-state index in [9.17, 15) is 0 Å². The van der Waals surface area contributed by atoms with Crippen molar-refractivity contribution < 1.29 is 4.43 Å². The fraction of sp³-hybridized carbons (Fsp3) is 0.200. The van der Waals surface area contributed by atoms with Gasteiger partial charge in [0, 0.05) is 12.0 Å². The third kappa shape index (κ3) is 2.19. The van der Waals surface area contributed by atoms with E-state index in [0.717, 1.165) is 0 Å². The summed E-state index contributed by atoms with van der Waals surface area (Å²) in [5, 5.41) is 2.49. The maximum atomic E-state index is 5.14. The molecule has 2 rings (SSSR count). The molecule has 0 amide bonds. The van der Waals surface area contributed by atoms with Crippen LogP contribution in [0.4, 0.5) is 0 Å². The number of hydrogen-bond donors (Lipinski definition) is 0. The van der Waals surface area contributed by atoms with Gasteiger partial charge in [0.2, 0.25) is 10.5 Å². The van der Waals surface area contributed by atoms with E-state index in [4.69, 9.17) is 4.43 Å². The Morgan fingerprint density at radius 2 is 1.94 bits per heavy atom. The third-order valence-electron chi connectivity index (χ3n) is 3.23. The predicted octanol–water partition coefficient (Wildman–Crippen LogP) is 3.38. The molecule has 1 nitrogen and oxygen atoms in total. The zero-order chi connectivity index (χ0) is 12.3. The van der Waals surface area contributed by atoms with Crippen LogP contribution in [0, 0.1) is 0 Å². The zero-order valence-corrected chi connectivity index (χ0v) is 10.9. The molecular weight excluding hydrogens is 224 g/mol. The molecule has 0 saturated carbocycles. The molecule has 0 spiro atoms. The van der Waals surface area contributed by atoms with Gasteiger partial charge in [-0.15, -0.1) is 6.58 Å². The average molecular weight is 239 g/mol. The largest absolute Gasteiger partial charge is 0.417 e. The van der Waals surface area contributed by atoms with Crippen molar-refractivity contribution in [2.45, 2.75) is 12.3 Å². The Morgan fingerprint density at radius 3 is 2.65 bits per heavy atom. The average Bonchev–Trinajstić information content (AvgIpc) is 2.38. The summed E-state index contributed by atoms with van der Waals surface area (Å²) in [6, 6.07) is 14.7. The van der Waals surface area contributed by atoms with Crippen LogP contribution in [0.15, 0.2) is 55.1 Å². The molecule has 0 aliphatic rings. The summed E-state index contributed by atoms with van der Waals surface area (Å²) in [4.78, 5) is 0. The molecule has 2 heteroatoms. The lowest BCUT2D eigenvalue weighted by molar-refractivity contribution is 0.282. The van der Waals surface area contributed by atoms with E-state index in [0.29, 0.717) is 6.61 Å². The monoisotopic (exact) mass is 239 g/mol. The molecule has 0 heterocycles. The number of fused-ring (bicyclic) bond motifs is 1. The van der Waals surface area contributed by atoms with E-state index in [1.165, 1.54) is 16.3 Å². The van der Waals surface area contributed by atoms with Gasteiger partial charge >= 0.3 is 0 Å². The van der Waals surface area contributed by atoms with Gasteiger partial charge in [0.1, 0.15) is 0 Å². The standard InChI is InChI=1S/C15H15OSi/c1-3-15(2,11-16-17)14-10-6-8-12-7-4-5-9-13(12)14/h3-10H,1,11H2,2H3. The summed E-state index contributed by atoms with van der Waals surface area (Å²) < 4.78 is 5.14. The van der Waals surface area contributed by atoms with Gasteiger partial charge in [-0.05, 0) is 23.3 Å². The van der Waals surface area contributed by atoms with E-state index < -0.39 is 0 Å². The minimum atomic E-state index is -0.192. The first-order valence-corrected chi connectivity index (χ1v) is 6.02. The number of benzene rings is 2. The van der Waals surface area contributed by atoms with Crippen LogP contribution in [0.2, 0.25) is 0 Å². The minimum absolute atomic E-state index is 0.192. The van der Waals surface area contributed by atoms with Gasteiger partial charge in [-0.25, -0.2) is 0 Å². The first-order chi connectivity index (χ1) is 8.21. The highest BCUT2D eigenvalue weighted by Gasteiger charge is 2.24. The van der Waals surface area contributed by atoms with E-state index in [1.54, 1.807) is 0 Å². The molecule has 0 aromatic heterocycles. The summed E-state index contributed by atoms with van der Waals surface area (Å²) in [6.45, 7) is 6.62. The normalized spacial score (nSPS) is 14.5. The Kier molecular flexibility index (Phi) is 3.45. The van der Waals surface area contributed by atoms with Crippen LogP contribution in [-0.4, -0.2) is 17.1 Å². The molecule has 0 aliphatic carbocycles. The fourth-order valence-electron chi connectivity index (χ4n) is 2.12. The molecule has 0 aliphatic heterocycles. The van der Waals surface area contributed by atoms with Crippen molar-refractivity contribution in [2.24, 2.45) is 0 Å². The van der Waals surface area contributed by atoms with Crippen LogP contribution in [-0.2, 0) is 9.84 Å². The van der Waals surface area contributed by atoms with Crippen LogP contribution in [0.1, 0.15) is 12.5 Å². The van der Waals surface area contributed by atoms with Gasteiger partial charge in [-0.2, -0.15) is 0 Å². The Balaban J connectivity index is 2.65. The van der Waals surface area contributed by atoms with Crippen LogP contribution in [0.3, 0.4) is 0 Å². The first-order valence-electron chi connectivity index (χ1n) is 5.61. The van der Waals surface area contributed by atoms with E-state index in [1.807, 2.05) is 6.08 Å². The minimum Gasteiger partial charge on any atom is -0.417 e. The summed E-state index contributed by atoms with van der Waals surface area (Å²) in [7, 11) is 3.09. The molecule has 1 unspecified atom stereocenters. The molecule has 0 bridgehead atoms. The Labute approximate surface area is 106 Å². The van der Waals surface area contributed by atoms with Crippen LogP contribution >= 0.6 is 0 Å². The highest BCUT2D eigenvalue weighted by Crippen LogP contribution is 2.31. The third-order valence-corrected chi connectivity index (χ3v) is 3.37. The zero-order valence-electron chi connectivity index (χ0n) is 9.94. The molecule has 0 saturated heterocycles. The number of hydrogen-bond acceptors (Lipinski definition) is 1. The molecule has 0 fully saturated rings. The Hall–Kier alpha value is -1.38. The molecule has 1 atom stereocenters. The van der Waals surface area contributed by atoms with Crippen molar-refractivity contribution in [3.8, 4) is 0 Å². The summed E-state index contributed by atoms with van der Waals surface area (Å²) in [5.74, 6) is 0. The second-order valence-electron chi connectivity index (χ2n) is 4.44. The van der Waals surface area contributed by atoms with E-state index >= 15 is 0 Å². The molecule has 3 radical (unpaired) electrons. The van der Waals surface area contributed by atoms with Gasteiger partial charge in [-0.1, -0.05) is 48.5 Å². The van der Waals surface area contributed by atoms with Crippen molar-refractivity contribution in [1.29, 1.82) is 0 Å². The lowest BCUT2D eigenvalue weighted by atomic mass is 9.81. The van der Waals surface area contributed by atoms with Crippen molar-refractivity contribution >= 4 is 21.3 Å². The van der Waals surface area contributed by atoms with Gasteiger partial charge in [-0.3, -0.25) is 0 Å². The van der Waals surface area contributed by atoms with Crippen molar-refractivity contribution in [1.82, 2.24) is 0 Å². The maximum Gasteiger partial charge on any atom is 0.246 e. The van der Waals surface area contributed by atoms with Gasteiger partial charge < -0.3 is 4.43 Å². The molecule has 17 heavy (non-hydrogen) atoms. The van der Waals surface area contributed by atoms with Crippen molar-refractivity contribution in [2.75, 3.05) is 6.61 Å². The SMILES string of the molecule is C=CC(C)(CO[Si])c1cccc2ccccc12. The quantitative estimate of drug-likeness (QED) is 0.587. The van der Waals surface area contributed by atoms with Crippen LogP contribution in [0.5, 0.6) is 0 Å². The smallest absolute Gasteiger partial charge is 0.246 e. The second kappa shape index (κ2) is 4.86. The fourth-order valence-corrected chi connectivity index (χ4v) is 2.42. The summed E-state index contributed by atoms with van der Waals surface area (Å²) >= 11 is 0. The van der Waals surface area contributed by atoms with Crippen molar-refractivity contribution in [3.05, 3.63) is 60.7 Å². The Bertz CT molecular complexity index is 530. The highest BCUT2D eigenvalue weighted by molar-refractivity contribution is 5.98. The van der Waals surface area contributed by atoms with E-state index in [2.05, 4.69) is 66.5 Å². The van der Waals surface area contributed by atoms with Crippen LogP contribution < -0.4 is 0 Å². The maximum absolute atomic E-state index is 5.14. The summed E-state index contributed by atoms with van der Waals surface area (Å²) in [6.07, 6.45) is 1.94. The number of rotatable bonds is 4. The highest BCUT2D eigenvalue weighted by atomic mass is 28.2. The summed E-state index contributed by atoms with van der Waals surface area (Å²) in [5.41, 5.74) is 1.05.